The molecule has 2 N–H and O–H groups in total. The van der Waals surface area contributed by atoms with Crippen molar-refractivity contribution in [2.75, 3.05) is 0 Å². The van der Waals surface area contributed by atoms with Gasteiger partial charge in [-0.15, -0.1) is 0 Å². The lowest BCUT2D eigenvalue weighted by molar-refractivity contribution is -0.133. The quantitative estimate of drug-likeness (QED) is 0.503. The van der Waals surface area contributed by atoms with E-state index in [1.165, 1.54) is 6.08 Å². The number of epoxide rings is 1. The second-order valence-electron chi connectivity index (χ2n) is 2.83. The van der Waals surface area contributed by atoms with E-state index in [9.17, 15) is 9.90 Å². The first-order valence-corrected chi connectivity index (χ1v) is 3.46. The first kappa shape index (κ1) is 6.82. The average molecular weight is 156 g/mol. The molecule has 0 radical (unpaired) electrons. The topological polar surface area (TPSA) is 70.1 Å². The molecule has 0 saturated carbocycles. The van der Waals surface area contributed by atoms with Crippen LogP contribution in [0.3, 0.4) is 0 Å². The van der Waals surface area contributed by atoms with Gasteiger partial charge in [0.25, 0.3) is 0 Å². The number of rotatable bonds is 1. The highest BCUT2D eigenvalue weighted by atomic mass is 16.6. The van der Waals surface area contributed by atoms with E-state index in [2.05, 4.69) is 0 Å². The standard InChI is InChI=1S/C7H8O4/c8-4-1-3(7(9)10)2-5-6(4)11-5/h1,4-6,8H,2H2,(H,9,10)/t4-,5-,6+/m1/s1. The fourth-order valence-electron chi connectivity index (χ4n) is 1.37. The maximum atomic E-state index is 10.4. The Morgan fingerprint density at radius 1 is 1.73 bits per heavy atom. The van der Waals surface area contributed by atoms with Gasteiger partial charge in [0.1, 0.15) is 12.2 Å². The summed E-state index contributed by atoms with van der Waals surface area (Å²) >= 11 is 0. The van der Waals surface area contributed by atoms with Crippen LogP contribution in [0.2, 0.25) is 0 Å². The molecule has 0 aromatic carbocycles. The molecule has 1 aliphatic heterocycles. The van der Waals surface area contributed by atoms with Crippen molar-refractivity contribution < 1.29 is 19.7 Å². The van der Waals surface area contributed by atoms with Crippen LogP contribution < -0.4 is 0 Å². The van der Waals surface area contributed by atoms with Crippen LogP contribution in [0.25, 0.3) is 0 Å². The van der Waals surface area contributed by atoms with Gasteiger partial charge in [0.05, 0.1) is 6.10 Å². The number of carbonyl (C=O) groups is 1. The SMILES string of the molecule is O=C(O)C1=C[C@@H](O)[C@@H]2O[C@@H]2C1. The highest BCUT2D eigenvalue weighted by molar-refractivity contribution is 5.87. The van der Waals surface area contributed by atoms with Gasteiger partial charge in [0.2, 0.25) is 0 Å². The van der Waals surface area contributed by atoms with Crippen LogP contribution in [0.5, 0.6) is 0 Å². The van der Waals surface area contributed by atoms with Gasteiger partial charge in [-0.3, -0.25) is 0 Å². The van der Waals surface area contributed by atoms with Crippen molar-refractivity contribution in [3.63, 3.8) is 0 Å². The van der Waals surface area contributed by atoms with Crippen molar-refractivity contribution in [1.29, 1.82) is 0 Å². The fraction of sp³-hybridized carbons (Fsp3) is 0.571. The van der Waals surface area contributed by atoms with Gasteiger partial charge in [-0.1, -0.05) is 0 Å². The van der Waals surface area contributed by atoms with Crippen LogP contribution in [-0.4, -0.2) is 34.5 Å². The van der Waals surface area contributed by atoms with Gasteiger partial charge in [0, 0.05) is 12.0 Å². The molecule has 0 aromatic heterocycles. The Morgan fingerprint density at radius 3 is 3.00 bits per heavy atom. The Bertz CT molecular complexity index is 233. The Hall–Kier alpha value is -0.870. The molecule has 60 valence electrons. The van der Waals surface area contributed by atoms with Crippen LogP contribution in [0.1, 0.15) is 6.42 Å². The zero-order valence-corrected chi connectivity index (χ0v) is 5.73. The lowest BCUT2D eigenvalue weighted by Crippen LogP contribution is -2.22. The molecule has 1 aliphatic carbocycles. The Kier molecular flexibility index (Phi) is 1.27. The van der Waals surface area contributed by atoms with Gasteiger partial charge < -0.3 is 14.9 Å². The van der Waals surface area contributed by atoms with E-state index < -0.39 is 12.1 Å². The molecule has 0 bridgehead atoms. The molecule has 11 heavy (non-hydrogen) atoms. The zero-order chi connectivity index (χ0) is 8.01. The molecular formula is C7H8O4. The lowest BCUT2D eigenvalue weighted by atomic mass is 9.98. The number of aliphatic hydroxyl groups excluding tert-OH is 1. The van der Waals surface area contributed by atoms with E-state index >= 15 is 0 Å². The smallest absolute Gasteiger partial charge is 0.331 e. The van der Waals surface area contributed by atoms with Gasteiger partial charge in [-0.05, 0) is 6.08 Å². The van der Waals surface area contributed by atoms with Gasteiger partial charge in [0.15, 0.2) is 0 Å². The maximum absolute atomic E-state index is 10.4. The van der Waals surface area contributed by atoms with Crippen molar-refractivity contribution >= 4 is 5.97 Å². The molecule has 0 spiro atoms. The molecule has 0 amide bonds. The molecule has 1 saturated heterocycles. The van der Waals surface area contributed by atoms with E-state index in [4.69, 9.17) is 9.84 Å². The summed E-state index contributed by atoms with van der Waals surface area (Å²) in [6.45, 7) is 0. The van der Waals surface area contributed by atoms with Gasteiger partial charge in [-0.2, -0.15) is 0 Å². The minimum absolute atomic E-state index is 0.0545. The first-order chi connectivity index (χ1) is 5.18. The summed E-state index contributed by atoms with van der Waals surface area (Å²) in [5.41, 5.74) is 0.260. The predicted octanol–water partition coefficient (Wildman–Crippen LogP) is -0.471. The summed E-state index contributed by atoms with van der Waals surface area (Å²) < 4.78 is 5.01. The summed E-state index contributed by atoms with van der Waals surface area (Å²) in [4.78, 5) is 10.4. The molecule has 4 nitrogen and oxygen atoms in total. The molecule has 0 aromatic rings. The number of carboxylic acid groups (broad SMARTS) is 1. The highest BCUT2D eigenvalue weighted by Crippen LogP contribution is 2.36. The Labute approximate surface area is 63.1 Å². The van der Waals surface area contributed by atoms with Gasteiger partial charge >= 0.3 is 5.97 Å². The van der Waals surface area contributed by atoms with Crippen molar-refractivity contribution in [3.8, 4) is 0 Å². The third-order valence-corrected chi connectivity index (χ3v) is 2.03. The summed E-state index contributed by atoms with van der Waals surface area (Å²) in [7, 11) is 0. The average Bonchev–Trinajstić information content (AvgIpc) is 2.66. The zero-order valence-electron chi connectivity index (χ0n) is 5.73. The number of hydrogen-bond donors (Lipinski definition) is 2. The number of fused-ring (bicyclic) bond motifs is 1. The summed E-state index contributed by atoms with van der Waals surface area (Å²) in [6, 6.07) is 0. The summed E-state index contributed by atoms with van der Waals surface area (Å²) in [6.07, 6.45) is 0.868. The maximum Gasteiger partial charge on any atom is 0.331 e. The summed E-state index contributed by atoms with van der Waals surface area (Å²) in [5, 5.41) is 17.7. The van der Waals surface area contributed by atoms with E-state index in [1.54, 1.807) is 0 Å². The molecular weight excluding hydrogens is 148 g/mol. The van der Waals surface area contributed by atoms with Crippen LogP contribution in [0.15, 0.2) is 11.6 Å². The largest absolute Gasteiger partial charge is 0.478 e. The third-order valence-electron chi connectivity index (χ3n) is 2.03. The van der Waals surface area contributed by atoms with Crippen molar-refractivity contribution in [3.05, 3.63) is 11.6 Å². The highest BCUT2D eigenvalue weighted by Gasteiger charge is 2.47. The van der Waals surface area contributed by atoms with E-state index in [0.29, 0.717) is 6.42 Å². The molecule has 4 heteroatoms. The Morgan fingerprint density at radius 2 is 2.45 bits per heavy atom. The number of aliphatic carboxylic acids is 1. The molecule has 0 unspecified atom stereocenters. The van der Waals surface area contributed by atoms with Gasteiger partial charge in [-0.25, -0.2) is 4.79 Å². The predicted molar refractivity (Wildman–Crippen MR) is 35.0 cm³/mol. The lowest BCUT2D eigenvalue weighted by Gasteiger charge is -2.08. The molecule has 3 atom stereocenters. The van der Waals surface area contributed by atoms with E-state index in [1.807, 2.05) is 0 Å². The molecule has 2 aliphatic rings. The number of hydrogen-bond acceptors (Lipinski definition) is 3. The van der Waals surface area contributed by atoms with E-state index in [0.717, 1.165) is 0 Å². The van der Waals surface area contributed by atoms with Crippen LogP contribution in [0, 0.1) is 0 Å². The van der Waals surface area contributed by atoms with Crippen LogP contribution >= 0.6 is 0 Å². The Balaban J connectivity index is 2.17. The fourth-order valence-corrected chi connectivity index (χ4v) is 1.37. The molecule has 1 fully saturated rings. The number of aliphatic hydroxyl groups is 1. The third kappa shape index (κ3) is 1.04. The monoisotopic (exact) mass is 156 g/mol. The minimum atomic E-state index is -0.960. The van der Waals surface area contributed by atoms with Crippen LogP contribution in [-0.2, 0) is 9.53 Å². The summed E-state index contributed by atoms with van der Waals surface area (Å²) in [5.74, 6) is -0.960. The minimum Gasteiger partial charge on any atom is -0.478 e. The normalized spacial score (nSPS) is 40.8. The second kappa shape index (κ2) is 2.06. The number of carboxylic acids is 1. The molecule has 2 rings (SSSR count). The van der Waals surface area contributed by atoms with Crippen molar-refractivity contribution in [1.82, 2.24) is 0 Å². The van der Waals surface area contributed by atoms with Crippen LogP contribution in [0.4, 0.5) is 0 Å². The first-order valence-electron chi connectivity index (χ1n) is 3.46. The molecule has 1 heterocycles. The second-order valence-corrected chi connectivity index (χ2v) is 2.83. The van der Waals surface area contributed by atoms with Crippen molar-refractivity contribution in [2.24, 2.45) is 0 Å². The van der Waals surface area contributed by atoms with E-state index in [-0.39, 0.29) is 17.8 Å². The van der Waals surface area contributed by atoms with Crippen molar-refractivity contribution in [2.45, 2.75) is 24.7 Å². The number of ether oxygens (including phenoxy) is 1.